The maximum Gasteiger partial charge on any atom is 0.254 e. The summed E-state index contributed by atoms with van der Waals surface area (Å²) in [7, 11) is 0. The molecule has 9 heteroatoms. The minimum Gasteiger partial charge on any atom is -0.490 e. The number of rotatable bonds is 6. The van der Waals surface area contributed by atoms with Crippen LogP contribution in [0.3, 0.4) is 0 Å². The maximum absolute atomic E-state index is 13.5. The average Bonchev–Trinajstić information content (AvgIpc) is 2.66. The Hall–Kier alpha value is -3.07. The van der Waals surface area contributed by atoms with E-state index in [2.05, 4.69) is 0 Å². The molecule has 1 heterocycles. The quantitative estimate of drug-likeness (QED) is 0.795. The Morgan fingerprint density at radius 3 is 2.34 bits per heavy atom. The molecular weight excluding hydrogens is 389 g/mol. The lowest BCUT2D eigenvalue weighted by atomic mass is 9.97. The minimum absolute atomic E-state index is 0.0730. The summed E-state index contributed by atoms with van der Waals surface area (Å²) in [6, 6.07) is 7.79. The van der Waals surface area contributed by atoms with Gasteiger partial charge in [-0.15, -0.1) is 0 Å². The third kappa shape index (κ3) is 5.26. The number of carbonyl (C=O) groups is 2. The number of amides is 2. The second kappa shape index (κ2) is 8.52. The van der Waals surface area contributed by atoms with Gasteiger partial charge in [0.25, 0.3) is 5.91 Å². The molecule has 1 fully saturated rings. The van der Waals surface area contributed by atoms with Crippen molar-refractivity contribution in [1.82, 2.24) is 4.90 Å². The van der Waals surface area contributed by atoms with Crippen molar-refractivity contribution in [3.63, 3.8) is 0 Å². The molecule has 1 saturated heterocycles. The summed E-state index contributed by atoms with van der Waals surface area (Å²) in [5.74, 6) is -3.11. The third-order valence-corrected chi connectivity index (χ3v) is 4.46. The molecule has 1 atom stereocenters. The number of ether oxygens (including phenoxy) is 2. The van der Waals surface area contributed by atoms with Crippen molar-refractivity contribution in [2.75, 3.05) is 26.3 Å². The number of hydrogen-bond donors (Lipinski definition) is 1. The van der Waals surface area contributed by atoms with Crippen LogP contribution in [0.15, 0.2) is 42.5 Å². The molecule has 29 heavy (non-hydrogen) atoms. The Labute approximate surface area is 165 Å². The second-order valence-corrected chi connectivity index (χ2v) is 6.80. The molecule has 0 spiro atoms. The van der Waals surface area contributed by atoms with Crippen LogP contribution in [-0.2, 0) is 9.53 Å². The van der Waals surface area contributed by atoms with E-state index in [1.54, 1.807) is 0 Å². The molecule has 0 saturated carbocycles. The SMILES string of the molecule is NC(=O)C[C@@]1(COc2ccc(F)cc2)CN(C(=O)c2cc(F)cc(F)c2)CCO1. The zero-order valence-electron chi connectivity index (χ0n) is 15.4. The van der Waals surface area contributed by atoms with Crippen LogP contribution in [0.25, 0.3) is 0 Å². The van der Waals surface area contributed by atoms with E-state index in [9.17, 15) is 22.8 Å². The smallest absolute Gasteiger partial charge is 0.254 e. The molecule has 3 rings (SSSR count). The highest BCUT2D eigenvalue weighted by Crippen LogP contribution is 2.25. The highest BCUT2D eigenvalue weighted by molar-refractivity contribution is 5.94. The van der Waals surface area contributed by atoms with Gasteiger partial charge in [-0.25, -0.2) is 13.2 Å². The van der Waals surface area contributed by atoms with Crippen molar-refractivity contribution in [3.8, 4) is 5.75 Å². The first-order valence-electron chi connectivity index (χ1n) is 8.82. The Morgan fingerprint density at radius 1 is 1.07 bits per heavy atom. The van der Waals surface area contributed by atoms with E-state index in [-0.39, 0.29) is 38.3 Å². The van der Waals surface area contributed by atoms with Crippen molar-refractivity contribution in [3.05, 3.63) is 65.5 Å². The van der Waals surface area contributed by atoms with Gasteiger partial charge in [-0.1, -0.05) is 0 Å². The Balaban J connectivity index is 1.78. The molecule has 2 aromatic rings. The molecule has 0 aliphatic carbocycles. The number of benzene rings is 2. The van der Waals surface area contributed by atoms with Crippen molar-refractivity contribution >= 4 is 11.8 Å². The normalized spacial score (nSPS) is 19.1. The lowest BCUT2D eigenvalue weighted by Gasteiger charge is -2.42. The summed E-state index contributed by atoms with van der Waals surface area (Å²) in [5.41, 5.74) is 3.94. The van der Waals surface area contributed by atoms with E-state index in [0.29, 0.717) is 11.8 Å². The largest absolute Gasteiger partial charge is 0.490 e. The van der Waals surface area contributed by atoms with E-state index in [1.807, 2.05) is 0 Å². The Bertz CT molecular complexity index is 887. The fraction of sp³-hybridized carbons (Fsp3) is 0.300. The summed E-state index contributed by atoms with van der Waals surface area (Å²) in [5, 5.41) is 0. The summed E-state index contributed by atoms with van der Waals surface area (Å²) in [4.78, 5) is 25.7. The van der Waals surface area contributed by atoms with Gasteiger partial charge in [0.15, 0.2) is 0 Å². The molecule has 0 radical (unpaired) electrons. The monoisotopic (exact) mass is 408 g/mol. The number of nitrogens with zero attached hydrogens (tertiary/aromatic N) is 1. The molecule has 1 aliphatic heterocycles. The van der Waals surface area contributed by atoms with Crippen molar-refractivity contribution in [2.24, 2.45) is 5.73 Å². The minimum atomic E-state index is -1.25. The predicted molar refractivity (Wildman–Crippen MR) is 96.7 cm³/mol. The van der Waals surface area contributed by atoms with Gasteiger partial charge in [-0.2, -0.15) is 0 Å². The molecule has 2 N–H and O–H groups in total. The molecule has 0 unspecified atom stereocenters. The molecule has 2 amide bonds. The van der Waals surface area contributed by atoms with E-state index in [0.717, 1.165) is 12.1 Å². The lowest BCUT2D eigenvalue weighted by molar-refractivity contribution is -0.142. The Morgan fingerprint density at radius 2 is 1.72 bits per heavy atom. The Kier molecular flexibility index (Phi) is 6.07. The van der Waals surface area contributed by atoms with Crippen LogP contribution in [0.2, 0.25) is 0 Å². The highest BCUT2D eigenvalue weighted by Gasteiger charge is 2.41. The zero-order chi connectivity index (χ0) is 21.0. The van der Waals surface area contributed by atoms with E-state index in [4.69, 9.17) is 15.2 Å². The van der Waals surface area contributed by atoms with Gasteiger partial charge >= 0.3 is 0 Å². The van der Waals surface area contributed by atoms with Crippen LogP contribution in [0.1, 0.15) is 16.8 Å². The topological polar surface area (TPSA) is 81.9 Å². The number of morpholine rings is 1. The summed E-state index contributed by atoms with van der Waals surface area (Å²) >= 11 is 0. The van der Waals surface area contributed by atoms with Crippen molar-refractivity contribution in [1.29, 1.82) is 0 Å². The average molecular weight is 408 g/mol. The second-order valence-electron chi connectivity index (χ2n) is 6.80. The standard InChI is InChI=1S/C20H19F3N2O4/c21-14-1-3-17(4-2-14)28-12-20(10-18(24)26)11-25(5-6-29-20)19(27)13-7-15(22)9-16(23)8-13/h1-4,7-9H,5-6,10-12H2,(H2,24,26)/t20-/m0/s1. The third-order valence-electron chi connectivity index (χ3n) is 4.46. The summed E-state index contributed by atoms with van der Waals surface area (Å²) < 4.78 is 51.4. The number of carbonyl (C=O) groups excluding carboxylic acids is 2. The van der Waals surface area contributed by atoms with Gasteiger partial charge in [0, 0.05) is 18.2 Å². The van der Waals surface area contributed by atoms with Gasteiger partial charge in [0.1, 0.15) is 35.4 Å². The molecule has 2 aromatic carbocycles. The summed E-state index contributed by atoms with van der Waals surface area (Å²) in [6.07, 6.45) is -0.241. The van der Waals surface area contributed by atoms with Gasteiger partial charge in [-0.05, 0) is 36.4 Å². The van der Waals surface area contributed by atoms with Gasteiger partial charge in [0.05, 0.1) is 19.6 Å². The zero-order valence-corrected chi connectivity index (χ0v) is 15.4. The van der Waals surface area contributed by atoms with Crippen LogP contribution in [0.4, 0.5) is 13.2 Å². The molecular formula is C20H19F3N2O4. The maximum atomic E-state index is 13.5. The van der Waals surface area contributed by atoms with Crippen LogP contribution < -0.4 is 10.5 Å². The van der Waals surface area contributed by atoms with Gasteiger partial charge in [-0.3, -0.25) is 9.59 Å². The fourth-order valence-electron chi connectivity index (χ4n) is 3.19. The van der Waals surface area contributed by atoms with Crippen LogP contribution in [0, 0.1) is 17.5 Å². The van der Waals surface area contributed by atoms with E-state index in [1.165, 1.54) is 29.2 Å². The molecule has 0 bridgehead atoms. The van der Waals surface area contributed by atoms with Gasteiger partial charge in [0.2, 0.25) is 5.91 Å². The molecule has 1 aliphatic rings. The first kappa shape index (κ1) is 20.7. The van der Waals surface area contributed by atoms with Crippen LogP contribution in [-0.4, -0.2) is 48.6 Å². The van der Waals surface area contributed by atoms with Crippen LogP contribution in [0.5, 0.6) is 5.75 Å². The molecule has 6 nitrogen and oxygen atoms in total. The number of nitrogens with two attached hydrogens (primary N) is 1. The fourth-order valence-corrected chi connectivity index (χ4v) is 3.19. The van der Waals surface area contributed by atoms with E-state index < -0.39 is 34.9 Å². The lowest BCUT2D eigenvalue weighted by Crippen LogP contribution is -2.58. The van der Waals surface area contributed by atoms with Crippen molar-refractivity contribution < 1.29 is 32.2 Å². The van der Waals surface area contributed by atoms with E-state index >= 15 is 0 Å². The first-order chi connectivity index (χ1) is 13.8. The van der Waals surface area contributed by atoms with Gasteiger partial charge < -0.3 is 20.1 Å². The number of hydrogen-bond acceptors (Lipinski definition) is 4. The molecule has 0 aromatic heterocycles. The first-order valence-corrected chi connectivity index (χ1v) is 8.82. The number of primary amides is 1. The van der Waals surface area contributed by atoms with Crippen LogP contribution >= 0.6 is 0 Å². The van der Waals surface area contributed by atoms with Crippen molar-refractivity contribution in [2.45, 2.75) is 12.0 Å². The summed E-state index contributed by atoms with van der Waals surface area (Å²) in [6.45, 7) is 0.0224. The molecule has 154 valence electrons. The predicted octanol–water partition coefficient (Wildman–Crippen LogP) is 2.27. The highest BCUT2D eigenvalue weighted by atomic mass is 19.1. The number of halogens is 3.